The lowest BCUT2D eigenvalue weighted by Crippen LogP contribution is -2.28. The first kappa shape index (κ1) is 12.4. The van der Waals surface area contributed by atoms with E-state index in [1.165, 1.54) is 31.9 Å². The Kier molecular flexibility index (Phi) is 3.06. The van der Waals surface area contributed by atoms with Crippen LogP contribution in [0.5, 0.6) is 0 Å². The topological polar surface area (TPSA) is 0 Å². The molecule has 0 unspecified atom stereocenters. The van der Waals surface area contributed by atoms with Crippen LogP contribution >= 0.6 is 0 Å². The molecule has 4 aromatic carbocycles. The first-order chi connectivity index (χ1) is 10.4. The van der Waals surface area contributed by atoms with Crippen LogP contribution in [0.3, 0.4) is 0 Å². The fourth-order valence-corrected chi connectivity index (χ4v) is 4.19. The second kappa shape index (κ2) is 5.19. The van der Waals surface area contributed by atoms with E-state index in [-0.39, 0.29) is 0 Å². The van der Waals surface area contributed by atoms with Crippen molar-refractivity contribution in [3.63, 3.8) is 0 Å². The molecule has 0 spiro atoms. The number of fused-ring (bicyclic) bond motifs is 2. The van der Waals surface area contributed by atoms with E-state index >= 15 is 0 Å². The summed E-state index contributed by atoms with van der Waals surface area (Å²) in [4.78, 5) is 0. The average molecular weight is 282 g/mol. The SMILES string of the molecule is c1ccc2c([Si]c3cccc4ccccc34)cccc2c1. The summed E-state index contributed by atoms with van der Waals surface area (Å²) in [6.45, 7) is 0. The summed E-state index contributed by atoms with van der Waals surface area (Å²) in [5, 5.41) is 8.22. The number of hydrogen-bond donors (Lipinski definition) is 0. The van der Waals surface area contributed by atoms with Gasteiger partial charge in [-0.15, -0.1) is 0 Å². The molecule has 0 aliphatic carbocycles. The van der Waals surface area contributed by atoms with Gasteiger partial charge in [-0.3, -0.25) is 0 Å². The second-order valence-corrected chi connectivity index (χ2v) is 6.51. The largest absolute Gasteiger partial charge is 0.123 e. The predicted octanol–water partition coefficient (Wildman–Crippen LogP) is 3.65. The summed E-state index contributed by atoms with van der Waals surface area (Å²) in [5.41, 5.74) is 0. The maximum atomic E-state index is 2.25. The molecule has 0 heterocycles. The summed E-state index contributed by atoms with van der Waals surface area (Å²) in [5.74, 6) is 0. The summed E-state index contributed by atoms with van der Waals surface area (Å²) < 4.78 is 0. The quantitative estimate of drug-likeness (QED) is 0.492. The Labute approximate surface area is 126 Å². The fourth-order valence-electron chi connectivity index (χ4n) is 2.81. The maximum absolute atomic E-state index is 2.25. The smallest absolute Gasteiger partial charge is 0.0625 e. The molecule has 98 valence electrons. The molecule has 0 aromatic heterocycles. The highest BCUT2D eigenvalue weighted by Crippen LogP contribution is 2.12. The number of rotatable bonds is 2. The zero-order valence-electron chi connectivity index (χ0n) is 11.6. The lowest BCUT2D eigenvalue weighted by Gasteiger charge is -2.08. The number of benzene rings is 4. The summed E-state index contributed by atoms with van der Waals surface area (Å²) in [6, 6.07) is 30.5. The van der Waals surface area contributed by atoms with Crippen molar-refractivity contribution in [2.75, 3.05) is 0 Å². The van der Waals surface area contributed by atoms with E-state index in [4.69, 9.17) is 0 Å². The highest BCUT2D eigenvalue weighted by molar-refractivity contribution is 6.72. The van der Waals surface area contributed by atoms with Gasteiger partial charge in [0.15, 0.2) is 0 Å². The minimum absolute atomic E-state index is 0.684. The lowest BCUT2D eigenvalue weighted by molar-refractivity contribution is 1.77. The molecule has 0 N–H and O–H groups in total. The lowest BCUT2D eigenvalue weighted by atomic mass is 10.1. The minimum Gasteiger partial charge on any atom is -0.0625 e. The van der Waals surface area contributed by atoms with Gasteiger partial charge in [0, 0.05) is 0 Å². The standard InChI is InChI=1S/C20H14Si/c1-3-11-17-15(7-1)9-5-13-19(17)21-20-14-6-10-16-8-2-4-12-18(16)20/h1-14H. The molecule has 2 radical (unpaired) electrons. The van der Waals surface area contributed by atoms with Crippen molar-refractivity contribution in [2.45, 2.75) is 0 Å². The van der Waals surface area contributed by atoms with E-state index in [2.05, 4.69) is 84.9 Å². The highest BCUT2D eigenvalue weighted by Gasteiger charge is 2.06. The van der Waals surface area contributed by atoms with Crippen LogP contribution in [0.2, 0.25) is 0 Å². The van der Waals surface area contributed by atoms with Crippen LogP contribution in [0.15, 0.2) is 84.9 Å². The van der Waals surface area contributed by atoms with Gasteiger partial charge in [0.05, 0.1) is 0 Å². The molecule has 4 aromatic rings. The Bertz CT molecular complexity index is 837. The monoisotopic (exact) mass is 282 g/mol. The van der Waals surface area contributed by atoms with E-state index in [1.54, 1.807) is 0 Å². The highest BCUT2D eigenvalue weighted by atomic mass is 28.2. The molecule has 1 heteroatoms. The third-order valence-electron chi connectivity index (χ3n) is 3.85. The van der Waals surface area contributed by atoms with Gasteiger partial charge in [-0.2, -0.15) is 0 Å². The molecular formula is C20H14Si. The van der Waals surface area contributed by atoms with Crippen LogP contribution in [0.1, 0.15) is 0 Å². The van der Waals surface area contributed by atoms with Crippen molar-refractivity contribution in [3.05, 3.63) is 84.9 Å². The van der Waals surface area contributed by atoms with Gasteiger partial charge < -0.3 is 0 Å². The van der Waals surface area contributed by atoms with E-state index in [9.17, 15) is 0 Å². The minimum atomic E-state index is 0.684. The molecule has 0 aliphatic heterocycles. The molecular weight excluding hydrogens is 268 g/mol. The first-order valence-corrected chi connectivity index (χ1v) is 8.14. The van der Waals surface area contributed by atoms with Gasteiger partial charge in [0.1, 0.15) is 9.52 Å². The number of hydrogen-bond acceptors (Lipinski definition) is 0. The molecule has 0 fully saturated rings. The Balaban J connectivity index is 1.87. The van der Waals surface area contributed by atoms with Crippen molar-refractivity contribution >= 4 is 41.4 Å². The van der Waals surface area contributed by atoms with Crippen LogP contribution in [0.25, 0.3) is 21.5 Å². The molecule has 0 nitrogen and oxygen atoms in total. The molecule has 0 saturated heterocycles. The zero-order valence-corrected chi connectivity index (χ0v) is 12.6. The third-order valence-corrected chi connectivity index (χ3v) is 5.26. The van der Waals surface area contributed by atoms with Gasteiger partial charge >= 0.3 is 0 Å². The Morgan fingerprint density at radius 3 is 1.38 bits per heavy atom. The molecule has 0 amide bonds. The van der Waals surface area contributed by atoms with Gasteiger partial charge in [0.25, 0.3) is 0 Å². The fraction of sp³-hybridized carbons (Fsp3) is 0. The predicted molar refractivity (Wildman–Crippen MR) is 92.9 cm³/mol. The van der Waals surface area contributed by atoms with Crippen LogP contribution in [0, 0.1) is 0 Å². The van der Waals surface area contributed by atoms with Crippen molar-refractivity contribution in [3.8, 4) is 0 Å². The van der Waals surface area contributed by atoms with E-state index < -0.39 is 0 Å². The summed E-state index contributed by atoms with van der Waals surface area (Å²) in [7, 11) is 0.684. The van der Waals surface area contributed by atoms with Crippen molar-refractivity contribution < 1.29 is 0 Å². The molecule has 0 aliphatic rings. The Hall–Kier alpha value is -2.38. The van der Waals surface area contributed by atoms with Crippen molar-refractivity contribution in [2.24, 2.45) is 0 Å². The Morgan fingerprint density at radius 1 is 0.429 bits per heavy atom. The van der Waals surface area contributed by atoms with Crippen LogP contribution < -0.4 is 10.4 Å². The van der Waals surface area contributed by atoms with Crippen molar-refractivity contribution in [1.29, 1.82) is 0 Å². The Morgan fingerprint density at radius 2 is 0.857 bits per heavy atom. The van der Waals surface area contributed by atoms with Crippen LogP contribution in [0.4, 0.5) is 0 Å². The third kappa shape index (κ3) is 2.26. The summed E-state index contributed by atoms with van der Waals surface area (Å²) >= 11 is 0. The van der Waals surface area contributed by atoms with Crippen LogP contribution in [-0.4, -0.2) is 9.52 Å². The summed E-state index contributed by atoms with van der Waals surface area (Å²) in [6.07, 6.45) is 0. The first-order valence-electron chi connectivity index (χ1n) is 7.14. The van der Waals surface area contributed by atoms with Gasteiger partial charge in [-0.25, -0.2) is 0 Å². The van der Waals surface area contributed by atoms with E-state index in [0.29, 0.717) is 9.52 Å². The second-order valence-electron chi connectivity index (χ2n) is 5.18. The molecule has 21 heavy (non-hydrogen) atoms. The van der Waals surface area contributed by atoms with Gasteiger partial charge in [0.2, 0.25) is 0 Å². The van der Waals surface area contributed by atoms with Gasteiger partial charge in [-0.1, -0.05) is 95.3 Å². The molecule has 0 saturated carbocycles. The normalized spacial score (nSPS) is 11.0. The van der Waals surface area contributed by atoms with Crippen molar-refractivity contribution in [1.82, 2.24) is 0 Å². The zero-order chi connectivity index (χ0) is 14.1. The average Bonchev–Trinajstić information content (AvgIpc) is 2.56. The molecule has 0 bridgehead atoms. The molecule has 4 rings (SSSR count). The van der Waals surface area contributed by atoms with E-state index in [1.807, 2.05) is 0 Å². The molecule has 0 atom stereocenters. The maximum Gasteiger partial charge on any atom is 0.123 e. The van der Waals surface area contributed by atoms with E-state index in [0.717, 1.165) is 0 Å². The van der Waals surface area contributed by atoms with Crippen LogP contribution in [-0.2, 0) is 0 Å². The van der Waals surface area contributed by atoms with Gasteiger partial charge in [-0.05, 0) is 21.5 Å².